The van der Waals surface area contributed by atoms with Crippen LogP contribution in [0.3, 0.4) is 0 Å². The number of nitrogens with one attached hydrogen (secondary N) is 1. The highest BCUT2D eigenvalue weighted by Crippen LogP contribution is 2.28. The van der Waals surface area contributed by atoms with E-state index in [9.17, 15) is 18.0 Å². The summed E-state index contributed by atoms with van der Waals surface area (Å²) in [5, 5.41) is 3.67. The summed E-state index contributed by atoms with van der Waals surface area (Å²) in [6.07, 6.45) is 0.208. The normalized spacial score (nSPS) is 12.6. The van der Waals surface area contributed by atoms with Crippen LogP contribution in [0.25, 0.3) is 0 Å². The number of halogens is 2. The Bertz CT molecular complexity index is 1560. The maximum absolute atomic E-state index is 14.4. The third-order valence-electron chi connectivity index (χ3n) is 6.76. The van der Waals surface area contributed by atoms with Gasteiger partial charge in [0.25, 0.3) is 0 Å². The van der Waals surface area contributed by atoms with Crippen molar-refractivity contribution >= 4 is 50.9 Å². The van der Waals surface area contributed by atoms with Crippen LogP contribution in [0.5, 0.6) is 0 Å². The third-order valence-corrected chi connectivity index (χ3v) is 9.30. The fraction of sp³-hybridized carbons (Fsp3) is 0.375. The van der Waals surface area contributed by atoms with Crippen molar-refractivity contribution < 1.29 is 18.0 Å². The summed E-state index contributed by atoms with van der Waals surface area (Å²) in [6, 6.07) is 18.8. The van der Waals surface area contributed by atoms with Gasteiger partial charge in [0.15, 0.2) is 0 Å². The summed E-state index contributed by atoms with van der Waals surface area (Å²) >= 11 is 12.5. The summed E-state index contributed by atoms with van der Waals surface area (Å²) in [4.78, 5) is 29.7. The number of nitrogens with zero attached hydrogens (tertiary/aromatic N) is 3. The molecule has 0 unspecified atom stereocenters. The van der Waals surface area contributed by atoms with Gasteiger partial charge in [-0.25, -0.2) is 4.31 Å². The van der Waals surface area contributed by atoms with E-state index in [1.807, 2.05) is 70.2 Å². The van der Waals surface area contributed by atoms with E-state index in [4.69, 9.17) is 23.2 Å². The fourth-order valence-corrected chi connectivity index (χ4v) is 5.97. The molecule has 0 aromatic heterocycles. The van der Waals surface area contributed by atoms with E-state index in [1.54, 1.807) is 31.2 Å². The topological polar surface area (TPSA) is 90.0 Å². The number of anilines is 1. The minimum atomic E-state index is -4.10. The van der Waals surface area contributed by atoms with Crippen LogP contribution in [0, 0.1) is 13.8 Å². The summed E-state index contributed by atoms with van der Waals surface area (Å²) < 4.78 is 29.5. The molecule has 3 aromatic carbocycles. The standard InChI is InChI=1S/C32H40Cl2N4O4S/c1-22-13-14-23(2)28(17-22)38(43(41,42)36(6)7)21-30(39)37(20-25-15-16-26(33)27(34)18-25)29(31(40)35-32(3,4)5)19-24-11-9-8-10-12-24/h8-18,29H,19-21H2,1-7H3,(H,35,40)/t29-/m1/s1. The zero-order valence-corrected chi connectivity index (χ0v) is 28.0. The third kappa shape index (κ3) is 9.19. The van der Waals surface area contributed by atoms with E-state index in [2.05, 4.69) is 5.32 Å². The molecule has 3 rings (SSSR count). The molecule has 43 heavy (non-hydrogen) atoms. The molecule has 1 N–H and O–H groups in total. The molecule has 8 nitrogen and oxygen atoms in total. The smallest absolute Gasteiger partial charge is 0.304 e. The predicted octanol–water partition coefficient (Wildman–Crippen LogP) is 5.78. The van der Waals surface area contributed by atoms with Crippen molar-refractivity contribution in [1.29, 1.82) is 0 Å². The number of amides is 2. The lowest BCUT2D eigenvalue weighted by molar-refractivity contribution is -0.140. The molecule has 0 spiro atoms. The van der Waals surface area contributed by atoms with Crippen molar-refractivity contribution in [2.24, 2.45) is 0 Å². The van der Waals surface area contributed by atoms with Crippen molar-refractivity contribution in [2.45, 2.75) is 59.2 Å². The summed E-state index contributed by atoms with van der Waals surface area (Å²) in [5.74, 6) is -0.916. The number of hydrogen-bond acceptors (Lipinski definition) is 4. The molecule has 0 aliphatic carbocycles. The first-order valence-electron chi connectivity index (χ1n) is 13.9. The van der Waals surface area contributed by atoms with Crippen molar-refractivity contribution in [3.8, 4) is 0 Å². The number of hydrogen-bond donors (Lipinski definition) is 1. The SMILES string of the molecule is Cc1ccc(C)c(N(CC(=O)N(Cc2ccc(Cl)c(Cl)c2)[C@H](Cc2ccccc2)C(=O)NC(C)(C)C)S(=O)(=O)N(C)C)c1. The van der Waals surface area contributed by atoms with Gasteiger partial charge in [0.2, 0.25) is 11.8 Å². The van der Waals surface area contributed by atoms with Crippen LogP contribution in [-0.2, 0) is 32.8 Å². The van der Waals surface area contributed by atoms with Gasteiger partial charge in [-0.2, -0.15) is 12.7 Å². The Morgan fingerprint density at radius 3 is 2.12 bits per heavy atom. The lowest BCUT2D eigenvalue weighted by Crippen LogP contribution is -2.56. The maximum atomic E-state index is 14.4. The Balaban J connectivity index is 2.17. The molecule has 0 aliphatic heterocycles. The van der Waals surface area contributed by atoms with Crippen LogP contribution in [-0.4, -0.2) is 61.7 Å². The quantitative estimate of drug-likeness (QED) is 0.286. The van der Waals surface area contributed by atoms with Gasteiger partial charge in [0, 0.05) is 32.6 Å². The van der Waals surface area contributed by atoms with Crippen LogP contribution in [0.15, 0.2) is 66.7 Å². The molecule has 3 aromatic rings. The highest BCUT2D eigenvalue weighted by Gasteiger charge is 2.36. The van der Waals surface area contributed by atoms with Gasteiger partial charge in [0.05, 0.1) is 15.7 Å². The average molecular weight is 648 g/mol. The second-order valence-electron chi connectivity index (χ2n) is 11.8. The molecule has 1 atom stereocenters. The van der Waals surface area contributed by atoms with Crippen LogP contribution in [0.2, 0.25) is 10.0 Å². The van der Waals surface area contributed by atoms with Gasteiger partial charge in [-0.05, 0) is 75.1 Å². The fourth-order valence-electron chi connectivity index (χ4n) is 4.53. The van der Waals surface area contributed by atoms with Gasteiger partial charge in [0.1, 0.15) is 12.6 Å². The van der Waals surface area contributed by atoms with Crippen LogP contribution >= 0.6 is 23.2 Å². The number of rotatable bonds is 11. The van der Waals surface area contributed by atoms with Crippen molar-refractivity contribution in [1.82, 2.24) is 14.5 Å². The molecular weight excluding hydrogens is 607 g/mol. The first kappa shape index (κ1) is 34.4. The molecule has 232 valence electrons. The van der Waals surface area contributed by atoms with Crippen LogP contribution in [0.1, 0.15) is 43.0 Å². The van der Waals surface area contributed by atoms with E-state index in [0.29, 0.717) is 26.9 Å². The minimum Gasteiger partial charge on any atom is -0.350 e. The van der Waals surface area contributed by atoms with E-state index >= 15 is 0 Å². The van der Waals surface area contributed by atoms with Crippen LogP contribution < -0.4 is 9.62 Å². The lowest BCUT2D eigenvalue weighted by Gasteiger charge is -2.36. The molecule has 0 saturated carbocycles. The van der Waals surface area contributed by atoms with Gasteiger partial charge in [-0.3, -0.25) is 9.59 Å². The number of aryl methyl sites for hydroxylation is 2. The zero-order valence-electron chi connectivity index (χ0n) is 25.7. The van der Waals surface area contributed by atoms with E-state index < -0.39 is 34.2 Å². The van der Waals surface area contributed by atoms with E-state index in [1.165, 1.54) is 19.0 Å². The zero-order chi connectivity index (χ0) is 32.1. The van der Waals surface area contributed by atoms with Crippen molar-refractivity contribution in [3.63, 3.8) is 0 Å². The minimum absolute atomic E-state index is 0.00651. The summed E-state index contributed by atoms with van der Waals surface area (Å²) in [6.45, 7) is 8.70. The predicted molar refractivity (Wildman–Crippen MR) is 175 cm³/mol. The van der Waals surface area contributed by atoms with E-state index in [-0.39, 0.29) is 18.9 Å². The molecule has 0 radical (unpaired) electrons. The molecule has 11 heteroatoms. The Hall–Kier alpha value is -3.11. The lowest BCUT2D eigenvalue weighted by atomic mass is 10.0. The van der Waals surface area contributed by atoms with E-state index in [0.717, 1.165) is 19.7 Å². The first-order chi connectivity index (χ1) is 20.0. The van der Waals surface area contributed by atoms with Gasteiger partial charge < -0.3 is 10.2 Å². The van der Waals surface area contributed by atoms with Crippen molar-refractivity contribution in [3.05, 3.63) is 99.0 Å². The molecule has 0 saturated heterocycles. The second kappa shape index (κ2) is 14.1. The molecule has 0 heterocycles. The van der Waals surface area contributed by atoms with Crippen molar-refractivity contribution in [2.75, 3.05) is 24.9 Å². The summed E-state index contributed by atoms with van der Waals surface area (Å²) in [5.41, 5.74) is 2.81. The Morgan fingerprint density at radius 2 is 1.53 bits per heavy atom. The maximum Gasteiger partial charge on any atom is 0.304 e. The Morgan fingerprint density at radius 1 is 0.884 bits per heavy atom. The van der Waals surface area contributed by atoms with Gasteiger partial charge >= 0.3 is 10.2 Å². The van der Waals surface area contributed by atoms with Gasteiger partial charge in [-0.1, -0.05) is 71.7 Å². The molecule has 0 aliphatic rings. The highest BCUT2D eigenvalue weighted by atomic mass is 35.5. The Kier molecular flexibility index (Phi) is 11.3. The monoisotopic (exact) mass is 646 g/mol. The molecule has 0 bridgehead atoms. The van der Waals surface area contributed by atoms with Crippen LogP contribution in [0.4, 0.5) is 5.69 Å². The van der Waals surface area contributed by atoms with Gasteiger partial charge in [-0.15, -0.1) is 0 Å². The molecular formula is C32H40Cl2N4O4S. The molecule has 2 amide bonds. The number of carbonyl (C=O) groups is 2. The Labute approximate surface area is 265 Å². The first-order valence-corrected chi connectivity index (χ1v) is 16.0. The molecule has 0 fully saturated rings. The number of benzene rings is 3. The number of carbonyl (C=O) groups excluding carboxylic acids is 2. The largest absolute Gasteiger partial charge is 0.350 e. The summed E-state index contributed by atoms with van der Waals surface area (Å²) in [7, 11) is -1.26. The highest BCUT2D eigenvalue weighted by molar-refractivity contribution is 7.90. The second-order valence-corrected chi connectivity index (χ2v) is 14.7. The average Bonchev–Trinajstić information content (AvgIpc) is 2.92.